The highest BCUT2D eigenvalue weighted by atomic mass is 19.1. The quantitative estimate of drug-likeness (QED) is 0.789. The van der Waals surface area contributed by atoms with Gasteiger partial charge in [-0.15, -0.1) is 0 Å². The number of nitrogens with zero attached hydrogens (tertiary/aromatic N) is 1. The Morgan fingerprint density at radius 3 is 2.75 bits per heavy atom. The molecule has 1 aromatic heterocycles. The lowest BCUT2D eigenvalue weighted by Crippen LogP contribution is -1.99. The van der Waals surface area contributed by atoms with Crippen LogP contribution in [0.15, 0.2) is 54.7 Å². The van der Waals surface area contributed by atoms with Crippen molar-refractivity contribution in [2.75, 3.05) is 0 Å². The van der Waals surface area contributed by atoms with Gasteiger partial charge in [-0.05, 0) is 23.6 Å². The molecule has 0 amide bonds. The first-order chi connectivity index (χ1) is 9.78. The number of benzene rings is 2. The predicted molar refractivity (Wildman–Crippen MR) is 76.1 cm³/mol. The first-order valence-electron chi connectivity index (χ1n) is 6.28. The van der Waals surface area contributed by atoms with Crippen molar-refractivity contribution in [2.24, 2.45) is 5.73 Å². The fourth-order valence-corrected chi connectivity index (χ4v) is 2.04. The average molecular weight is 268 g/mol. The zero-order valence-electron chi connectivity index (χ0n) is 10.7. The van der Waals surface area contributed by atoms with E-state index in [1.54, 1.807) is 18.3 Å². The van der Waals surface area contributed by atoms with Crippen molar-refractivity contribution in [2.45, 2.75) is 6.54 Å². The van der Waals surface area contributed by atoms with E-state index in [0.717, 1.165) is 10.8 Å². The van der Waals surface area contributed by atoms with Gasteiger partial charge in [-0.25, -0.2) is 9.37 Å². The number of ether oxygens (including phenoxy) is 1. The van der Waals surface area contributed by atoms with Gasteiger partial charge in [0.15, 0.2) is 0 Å². The molecule has 2 N–H and O–H groups in total. The highest BCUT2D eigenvalue weighted by Gasteiger charge is 2.07. The molecule has 0 radical (unpaired) electrons. The van der Waals surface area contributed by atoms with Crippen LogP contribution >= 0.6 is 0 Å². The van der Waals surface area contributed by atoms with Crippen molar-refractivity contribution < 1.29 is 9.13 Å². The molecule has 0 unspecified atom stereocenters. The molecule has 3 aromatic rings. The number of hydrogen-bond acceptors (Lipinski definition) is 3. The second kappa shape index (κ2) is 5.27. The fraction of sp³-hybridized carbons (Fsp3) is 0.0625. The molecule has 20 heavy (non-hydrogen) atoms. The third-order valence-electron chi connectivity index (χ3n) is 3.10. The Bertz CT molecular complexity index is 753. The number of halogens is 1. The van der Waals surface area contributed by atoms with Crippen molar-refractivity contribution in [1.29, 1.82) is 0 Å². The molecule has 0 aliphatic carbocycles. The second-order valence-electron chi connectivity index (χ2n) is 4.40. The Morgan fingerprint density at radius 2 is 1.95 bits per heavy atom. The normalized spacial score (nSPS) is 10.7. The maximum Gasteiger partial charge on any atom is 0.227 e. The molecule has 3 rings (SSSR count). The first-order valence-corrected chi connectivity index (χ1v) is 6.28. The minimum absolute atomic E-state index is 0.165. The summed E-state index contributed by atoms with van der Waals surface area (Å²) in [6, 6.07) is 14.3. The van der Waals surface area contributed by atoms with Crippen LogP contribution in [0.5, 0.6) is 11.6 Å². The van der Waals surface area contributed by atoms with Gasteiger partial charge < -0.3 is 10.5 Å². The zero-order valence-corrected chi connectivity index (χ0v) is 10.7. The number of fused-ring (bicyclic) bond motifs is 1. The van der Waals surface area contributed by atoms with Crippen LogP contribution in [0.2, 0.25) is 0 Å². The standard InChI is InChI=1S/C16H13FN2O/c17-15-9-13(6-5-12(15)10-18)20-16-14-4-2-1-3-11(14)7-8-19-16/h1-9H,10,18H2. The van der Waals surface area contributed by atoms with Gasteiger partial charge >= 0.3 is 0 Å². The van der Waals surface area contributed by atoms with E-state index in [9.17, 15) is 4.39 Å². The van der Waals surface area contributed by atoms with Crippen LogP contribution in [0.25, 0.3) is 10.8 Å². The number of nitrogens with two attached hydrogens (primary N) is 1. The number of pyridine rings is 1. The van der Waals surface area contributed by atoms with Crippen LogP contribution in [0, 0.1) is 5.82 Å². The molecule has 2 aromatic carbocycles. The Labute approximate surface area is 115 Å². The highest BCUT2D eigenvalue weighted by Crippen LogP contribution is 2.28. The lowest BCUT2D eigenvalue weighted by atomic mass is 10.2. The number of rotatable bonds is 3. The van der Waals surface area contributed by atoms with Gasteiger partial charge in [-0.2, -0.15) is 0 Å². The maximum absolute atomic E-state index is 13.7. The summed E-state index contributed by atoms with van der Waals surface area (Å²) in [4.78, 5) is 4.21. The van der Waals surface area contributed by atoms with Gasteiger partial charge in [-0.1, -0.05) is 24.3 Å². The van der Waals surface area contributed by atoms with Crippen LogP contribution in [0.3, 0.4) is 0 Å². The molecule has 100 valence electrons. The van der Waals surface area contributed by atoms with E-state index in [2.05, 4.69) is 4.98 Å². The molecular formula is C16H13FN2O. The van der Waals surface area contributed by atoms with Crippen molar-refractivity contribution in [3.63, 3.8) is 0 Å². The van der Waals surface area contributed by atoms with E-state index in [1.165, 1.54) is 6.07 Å². The summed E-state index contributed by atoms with van der Waals surface area (Å²) in [6.07, 6.45) is 1.67. The van der Waals surface area contributed by atoms with Gasteiger partial charge in [0.05, 0.1) is 0 Å². The lowest BCUT2D eigenvalue weighted by Gasteiger charge is -2.08. The number of hydrogen-bond donors (Lipinski definition) is 1. The van der Waals surface area contributed by atoms with E-state index >= 15 is 0 Å². The number of aromatic nitrogens is 1. The monoisotopic (exact) mass is 268 g/mol. The van der Waals surface area contributed by atoms with Gasteiger partial charge in [0.2, 0.25) is 5.88 Å². The molecule has 4 heteroatoms. The van der Waals surface area contributed by atoms with E-state index in [-0.39, 0.29) is 12.4 Å². The largest absolute Gasteiger partial charge is 0.438 e. The summed E-state index contributed by atoms with van der Waals surface area (Å²) in [7, 11) is 0. The topological polar surface area (TPSA) is 48.1 Å². The van der Waals surface area contributed by atoms with Crippen molar-refractivity contribution in [3.8, 4) is 11.6 Å². The molecule has 0 fully saturated rings. The van der Waals surface area contributed by atoms with E-state index in [0.29, 0.717) is 17.2 Å². The highest BCUT2D eigenvalue weighted by molar-refractivity contribution is 5.86. The molecule has 0 atom stereocenters. The van der Waals surface area contributed by atoms with Gasteiger partial charge in [-0.3, -0.25) is 0 Å². The summed E-state index contributed by atoms with van der Waals surface area (Å²) in [5, 5.41) is 1.91. The van der Waals surface area contributed by atoms with Gasteiger partial charge in [0.25, 0.3) is 0 Å². The minimum atomic E-state index is -0.370. The Morgan fingerprint density at radius 1 is 1.10 bits per heavy atom. The molecule has 0 aliphatic rings. The summed E-state index contributed by atoms with van der Waals surface area (Å²) in [5.41, 5.74) is 5.90. The van der Waals surface area contributed by atoms with Gasteiger partial charge in [0.1, 0.15) is 11.6 Å². The SMILES string of the molecule is NCc1ccc(Oc2nccc3ccccc23)cc1F. The van der Waals surface area contributed by atoms with Crippen LogP contribution < -0.4 is 10.5 Å². The van der Waals surface area contributed by atoms with E-state index in [1.807, 2.05) is 30.3 Å². The van der Waals surface area contributed by atoms with Crippen LogP contribution in [0.4, 0.5) is 4.39 Å². The van der Waals surface area contributed by atoms with E-state index in [4.69, 9.17) is 10.5 Å². The first kappa shape index (κ1) is 12.6. The average Bonchev–Trinajstić information content (AvgIpc) is 2.48. The van der Waals surface area contributed by atoms with Gasteiger partial charge in [0, 0.05) is 29.8 Å². The molecule has 0 bridgehead atoms. The molecule has 1 heterocycles. The third-order valence-corrected chi connectivity index (χ3v) is 3.10. The Balaban J connectivity index is 1.99. The van der Waals surface area contributed by atoms with Crippen molar-refractivity contribution in [1.82, 2.24) is 4.98 Å². The molecule has 3 nitrogen and oxygen atoms in total. The van der Waals surface area contributed by atoms with Crippen LogP contribution in [-0.2, 0) is 6.54 Å². The smallest absolute Gasteiger partial charge is 0.227 e. The summed E-state index contributed by atoms with van der Waals surface area (Å²) in [5.74, 6) is 0.497. The second-order valence-corrected chi connectivity index (χ2v) is 4.40. The van der Waals surface area contributed by atoms with Crippen LogP contribution in [-0.4, -0.2) is 4.98 Å². The fourth-order valence-electron chi connectivity index (χ4n) is 2.04. The summed E-state index contributed by atoms with van der Waals surface area (Å²) in [6.45, 7) is 0.165. The van der Waals surface area contributed by atoms with Crippen LogP contribution in [0.1, 0.15) is 5.56 Å². The lowest BCUT2D eigenvalue weighted by molar-refractivity contribution is 0.463. The van der Waals surface area contributed by atoms with Crippen molar-refractivity contribution >= 4 is 10.8 Å². The van der Waals surface area contributed by atoms with Crippen molar-refractivity contribution in [3.05, 3.63) is 66.1 Å². The predicted octanol–water partition coefficient (Wildman–Crippen LogP) is 3.62. The molecule has 0 aliphatic heterocycles. The summed E-state index contributed by atoms with van der Waals surface area (Å²) >= 11 is 0. The molecule has 0 spiro atoms. The summed E-state index contributed by atoms with van der Waals surface area (Å²) < 4.78 is 19.4. The third kappa shape index (κ3) is 2.33. The molecule has 0 saturated carbocycles. The molecular weight excluding hydrogens is 255 g/mol. The molecule has 0 saturated heterocycles. The Kier molecular flexibility index (Phi) is 3.31. The zero-order chi connectivity index (χ0) is 13.9. The van der Waals surface area contributed by atoms with E-state index < -0.39 is 0 Å². The maximum atomic E-state index is 13.7. The minimum Gasteiger partial charge on any atom is -0.438 e. The Hall–Kier alpha value is -2.46.